The Kier molecular flexibility index (Phi) is 4.94. The van der Waals surface area contributed by atoms with Gasteiger partial charge in [0.1, 0.15) is 0 Å². The highest BCUT2D eigenvalue weighted by molar-refractivity contribution is 6.34. The van der Waals surface area contributed by atoms with Gasteiger partial charge in [-0.3, -0.25) is 0 Å². The Morgan fingerprint density at radius 3 is 1.88 bits per heavy atom. The van der Waals surface area contributed by atoms with Crippen molar-refractivity contribution in [1.82, 2.24) is 0 Å². The van der Waals surface area contributed by atoms with Crippen LogP contribution in [0.3, 0.4) is 0 Å². The Morgan fingerprint density at radius 2 is 1.03 bits per heavy atom. The molecular formula is C32H21Cl. The molecule has 0 atom stereocenters. The molecule has 33 heavy (non-hydrogen) atoms. The Labute approximate surface area is 198 Å². The molecule has 0 spiro atoms. The molecule has 0 saturated heterocycles. The lowest BCUT2D eigenvalue weighted by atomic mass is 9.88. The molecule has 0 saturated carbocycles. The van der Waals surface area contributed by atoms with E-state index in [1.807, 2.05) is 18.2 Å². The summed E-state index contributed by atoms with van der Waals surface area (Å²) in [6.07, 6.45) is 0. The van der Waals surface area contributed by atoms with Gasteiger partial charge in [0.15, 0.2) is 0 Å². The highest BCUT2D eigenvalue weighted by Gasteiger charge is 2.15. The number of hydrogen-bond donors (Lipinski definition) is 0. The van der Waals surface area contributed by atoms with E-state index in [0.29, 0.717) is 0 Å². The fraction of sp³-hybridized carbons (Fsp3) is 0. The van der Waals surface area contributed by atoms with Crippen LogP contribution in [0.2, 0.25) is 5.02 Å². The molecule has 6 aromatic carbocycles. The van der Waals surface area contributed by atoms with Crippen molar-refractivity contribution in [2.75, 3.05) is 0 Å². The van der Waals surface area contributed by atoms with Gasteiger partial charge in [0.2, 0.25) is 0 Å². The van der Waals surface area contributed by atoms with Crippen LogP contribution in [0.1, 0.15) is 0 Å². The highest BCUT2D eigenvalue weighted by atomic mass is 35.5. The van der Waals surface area contributed by atoms with Crippen molar-refractivity contribution in [2.24, 2.45) is 0 Å². The van der Waals surface area contributed by atoms with Gasteiger partial charge in [0.05, 0.1) is 0 Å². The van der Waals surface area contributed by atoms with Gasteiger partial charge in [0.25, 0.3) is 0 Å². The van der Waals surface area contributed by atoms with Gasteiger partial charge >= 0.3 is 0 Å². The quantitative estimate of drug-likeness (QED) is 0.240. The Morgan fingerprint density at radius 1 is 0.394 bits per heavy atom. The molecular weight excluding hydrogens is 420 g/mol. The summed E-state index contributed by atoms with van der Waals surface area (Å²) in [4.78, 5) is 0. The summed E-state index contributed by atoms with van der Waals surface area (Å²) < 4.78 is 0. The molecule has 0 radical (unpaired) electrons. The second-order valence-corrected chi connectivity index (χ2v) is 8.71. The van der Waals surface area contributed by atoms with E-state index in [1.54, 1.807) is 0 Å². The number of rotatable bonds is 3. The third-order valence-corrected chi connectivity index (χ3v) is 6.65. The first-order valence-electron chi connectivity index (χ1n) is 11.1. The van der Waals surface area contributed by atoms with Crippen LogP contribution in [0, 0.1) is 0 Å². The van der Waals surface area contributed by atoms with Gasteiger partial charge in [-0.25, -0.2) is 0 Å². The minimum Gasteiger partial charge on any atom is -0.0836 e. The maximum absolute atomic E-state index is 6.88. The molecule has 0 unspecified atom stereocenters. The molecule has 0 N–H and O–H groups in total. The summed E-state index contributed by atoms with van der Waals surface area (Å²) >= 11 is 6.88. The molecule has 0 aromatic heterocycles. The van der Waals surface area contributed by atoms with Crippen molar-refractivity contribution < 1.29 is 0 Å². The SMILES string of the molecule is Clc1cccc(-c2cc3ccccc3c3ccccc23)c1-c1cccc(-c2ccccc2)c1. The number of hydrogen-bond acceptors (Lipinski definition) is 0. The summed E-state index contributed by atoms with van der Waals surface area (Å²) in [6.45, 7) is 0. The lowest BCUT2D eigenvalue weighted by molar-refractivity contribution is 1.58. The predicted octanol–water partition coefficient (Wildman–Crippen LogP) is 9.65. The molecule has 6 rings (SSSR count). The maximum Gasteiger partial charge on any atom is 0.0490 e. The van der Waals surface area contributed by atoms with Crippen molar-refractivity contribution in [2.45, 2.75) is 0 Å². The molecule has 0 heterocycles. The molecule has 0 nitrogen and oxygen atoms in total. The van der Waals surface area contributed by atoms with Gasteiger partial charge in [-0.1, -0.05) is 121 Å². The largest absolute Gasteiger partial charge is 0.0836 e. The first kappa shape index (κ1) is 19.8. The minimum absolute atomic E-state index is 0.759. The van der Waals surface area contributed by atoms with Crippen molar-refractivity contribution in [3.8, 4) is 33.4 Å². The van der Waals surface area contributed by atoms with Gasteiger partial charge in [-0.2, -0.15) is 0 Å². The van der Waals surface area contributed by atoms with E-state index in [4.69, 9.17) is 11.6 Å². The zero-order valence-corrected chi connectivity index (χ0v) is 18.8. The average molecular weight is 441 g/mol. The molecule has 0 aliphatic heterocycles. The maximum atomic E-state index is 6.88. The topological polar surface area (TPSA) is 0 Å². The lowest BCUT2D eigenvalue weighted by Gasteiger charge is -2.17. The van der Waals surface area contributed by atoms with E-state index in [1.165, 1.54) is 38.2 Å². The number of halogens is 1. The lowest BCUT2D eigenvalue weighted by Crippen LogP contribution is -1.90. The Hall–Kier alpha value is -3.87. The molecule has 0 bridgehead atoms. The molecule has 0 aliphatic carbocycles. The van der Waals surface area contributed by atoms with Crippen LogP contribution in [0.5, 0.6) is 0 Å². The molecule has 6 aromatic rings. The van der Waals surface area contributed by atoms with E-state index in [-0.39, 0.29) is 0 Å². The average Bonchev–Trinajstić information content (AvgIpc) is 2.89. The molecule has 0 amide bonds. The Balaban J connectivity index is 1.63. The van der Waals surface area contributed by atoms with Crippen LogP contribution >= 0.6 is 11.6 Å². The van der Waals surface area contributed by atoms with E-state index < -0.39 is 0 Å². The van der Waals surface area contributed by atoms with E-state index >= 15 is 0 Å². The second kappa shape index (κ2) is 8.24. The smallest absolute Gasteiger partial charge is 0.0490 e. The van der Waals surface area contributed by atoms with Crippen LogP contribution in [0.25, 0.3) is 54.9 Å². The van der Waals surface area contributed by atoms with Crippen molar-refractivity contribution in [1.29, 1.82) is 0 Å². The monoisotopic (exact) mass is 440 g/mol. The summed E-state index contributed by atoms with van der Waals surface area (Å²) in [7, 11) is 0. The van der Waals surface area contributed by atoms with Crippen molar-refractivity contribution in [3.05, 3.63) is 132 Å². The van der Waals surface area contributed by atoms with Crippen LogP contribution in [-0.4, -0.2) is 0 Å². The summed E-state index contributed by atoms with van der Waals surface area (Å²) in [5.41, 5.74) is 6.92. The fourth-order valence-corrected chi connectivity index (χ4v) is 5.09. The summed E-state index contributed by atoms with van der Waals surface area (Å²) in [5.74, 6) is 0. The molecule has 1 heteroatoms. The zero-order chi connectivity index (χ0) is 22.2. The minimum atomic E-state index is 0.759. The third-order valence-electron chi connectivity index (χ3n) is 6.33. The van der Waals surface area contributed by atoms with Crippen molar-refractivity contribution >= 4 is 33.1 Å². The fourth-order valence-electron chi connectivity index (χ4n) is 4.80. The van der Waals surface area contributed by atoms with Gasteiger partial charge in [0, 0.05) is 10.6 Å². The van der Waals surface area contributed by atoms with E-state index in [9.17, 15) is 0 Å². The van der Waals surface area contributed by atoms with Gasteiger partial charge < -0.3 is 0 Å². The summed E-state index contributed by atoms with van der Waals surface area (Å²) in [6, 6.07) is 44.9. The third kappa shape index (κ3) is 3.50. The standard InChI is InChI=1S/C32H21Cl/c33-31-19-9-18-29(32(31)25-14-8-13-23(20-25)22-10-2-1-3-11-22)30-21-24-12-4-5-15-26(24)27-16-6-7-17-28(27)30/h1-21H. The van der Waals surface area contributed by atoms with Crippen LogP contribution in [0.4, 0.5) is 0 Å². The van der Waals surface area contributed by atoms with Crippen LogP contribution in [-0.2, 0) is 0 Å². The highest BCUT2D eigenvalue weighted by Crippen LogP contribution is 2.43. The second-order valence-electron chi connectivity index (χ2n) is 8.30. The molecule has 156 valence electrons. The predicted molar refractivity (Wildman–Crippen MR) is 143 cm³/mol. The van der Waals surface area contributed by atoms with Crippen LogP contribution < -0.4 is 0 Å². The van der Waals surface area contributed by atoms with E-state index in [2.05, 4.69) is 109 Å². The van der Waals surface area contributed by atoms with E-state index in [0.717, 1.165) is 21.7 Å². The summed E-state index contributed by atoms with van der Waals surface area (Å²) in [5, 5.41) is 5.75. The van der Waals surface area contributed by atoms with Crippen LogP contribution in [0.15, 0.2) is 127 Å². The molecule has 0 fully saturated rings. The number of fused-ring (bicyclic) bond motifs is 3. The number of benzene rings is 6. The zero-order valence-electron chi connectivity index (χ0n) is 18.0. The van der Waals surface area contributed by atoms with Gasteiger partial charge in [-0.05, 0) is 67.6 Å². The van der Waals surface area contributed by atoms with Gasteiger partial charge in [-0.15, -0.1) is 0 Å². The first-order valence-corrected chi connectivity index (χ1v) is 11.5. The molecule has 0 aliphatic rings. The first-order chi connectivity index (χ1) is 16.3. The van der Waals surface area contributed by atoms with Crippen molar-refractivity contribution in [3.63, 3.8) is 0 Å². The Bertz CT molecular complexity index is 1610. The normalized spacial score (nSPS) is 11.2.